The molecule has 1 aromatic heterocycles. The van der Waals surface area contributed by atoms with E-state index in [1.807, 2.05) is 30.5 Å². The quantitative estimate of drug-likeness (QED) is 0.671. The number of benzene rings is 1. The first-order valence-electron chi connectivity index (χ1n) is 3.68. The van der Waals surface area contributed by atoms with Gasteiger partial charge >= 0.3 is 0 Å². The molecule has 0 fully saturated rings. The van der Waals surface area contributed by atoms with Gasteiger partial charge in [0.2, 0.25) is 0 Å². The Hall–Kier alpha value is -0.640. The molecule has 0 N–H and O–H groups in total. The Balaban J connectivity index is 0.000000720. The zero-order valence-corrected chi connectivity index (χ0v) is 9.15. The van der Waals surface area contributed by atoms with Gasteiger partial charge in [-0.25, -0.2) is 0 Å². The van der Waals surface area contributed by atoms with Crippen LogP contribution >= 0.6 is 24.0 Å². The van der Waals surface area contributed by atoms with Crippen LogP contribution in [-0.2, 0) is 0 Å². The van der Waals surface area contributed by atoms with Crippen molar-refractivity contribution in [1.82, 2.24) is 4.98 Å². The van der Waals surface area contributed by atoms with E-state index < -0.39 is 0 Å². The lowest BCUT2D eigenvalue weighted by atomic mass is 10.1. The maximum absolute atomic E-state index is 4.24. The van der Waals surface area contributed by atoms with Crippen LogP contribution in [0.25, 0.3) is 10.9 Å². The van der Waals surface area contributed by atoms with Crippen molar-refractivity contribution in [1.29, 1.82) is 0 Å². The van der Waals surface area contributed by atoms with Gasteiger partial charge in [0, 0.05) is 11.6 Å². The Morgan fingerprint density at radius 3 is 2.58 bits per heavy atom. The van der Waals surface area contributed by atoms with E-state index in [0.29, 0.717) is 0 Å². The summed E-state index contributed by atoms with van der Waals surface area (Å²) in [6, 6.07) is 10.2. The van der Waals surface area contributed by atoms with Crippen molar-refractivity contribution in [2.45, 2.75) is 6.92 Å². The minimum Gasteiger partial charge on any atom is -0.256 e. The van der Waals surface area contributed by atoms with Gasteiger partial charge in [-0.1, -0.05) is 18.2 Å². The molecule has 0 amide bonds. The Kier molecular flexibility index (Phi) is 3.03. The van der Waals surface area contributed by atoms with Gasteiger partial charge in [0.05, 0.1) is 5.52 Å². The number of aryl methyl sites for hydroxylation is 1. The van der Waals surface area contributed by atoms with Crippen LogP contribution in [0.15, 0.2) is 36.5 Å². The van der Waals surface area contributed by atoms with E-state index in [1.165, 1.54) is 10.9 Å². The monoisotopic (exact) mass is 271 g/mol. The highest BCUT2D eigenvalue weighted by atomic mass is 127. The van der Waals surface area contributed by atoms with Crippen molar-refractivity contribution < 1.29 is 0 Å². The number of para-hydroxylation sites is 1. The Morgan fingerprint density at radius 1 is 1.08 bits per heavy atom. The molecule has 62 valence electrons. The summed E-state index contributed by atoms with van der Waals surface area (Å²) in [5.74, 6) is 0. The average molecular weight is 271 g/mol. The lowest BCUT2D eigenvalue weighted by molar-refractivity contribution is 1.37. The Labute approximate surface area is 88.8 Å². The third kappa shape index (κ3) is 1.58. The lowest BCUT2D eigenvalue weighted by Gasteiger charge is -1.97. The maximum atomic E-state index is 4.24. The molecule has 0 saturated carbocycles. The van der Waals surface area contributed by atoms with E-state index in [-0.39, 0.29) is 24.0 Å². The van der Waals surface area contributed by atoms with Crippen LogP contribution in [0.4, 0.5) is 0 Å². The molecule has 1 aromatic carbocycles. The second kappa shape index (κ2) is 3.85. The van der Waals surface area contributed by atoms with Crippen molar-refractivity contribution in [2.24, 2.45) is 0 Å². The van der Waals surface area contributed by atoms with Crippen LogP contribution in [0.5, 0.6) is 0 Å². The molecule has 2 aromatic rings. The van der Waals surface area contributed by atoms with Gasteiger partial charge in [0.15, 0.2) is 0 Å². The molecular formula is C10H10IN. The van der Waals surface area contributed by atoms with E-state index in [0.717, 1.165) is 5.52 Å². The SMILES string of the molecule is Cc1ccnc2ccccc12.I. The molecule has 2 heteroatoms. The van der Waals surface area contributed by atoms with E-state index >= 15 is 0 Å². The predicted octanol–water partition coefficient (Wildman–Crippen LogP) is 3.16. The maximum Gasteiger partial charge on any atom is 0.0704 e. The molecule has 0 spiro atoms. The van der Waals surface area contributed by atoms with Crippen molar-refractivity contribution in [2.75, 3.05) is 0 Å². The molecule has 0 aliphatic rings. The summed E-state index contributed by atoms with van der Waals surface area (Å²) in [5.41, 5.74) is 2.36. The van der Waals surface area contributed by atoms with Gasteiger partial charge < -0.3 is 0 Å². The fourth-order valence-electron chi connectivity index (χ4n) is 1.24. The van der Waals surface area contributed by atoms with Gasteiger partial charge in [0.25, 0.3) is 0 Å². The van der Waals surface area contributed by atoms with Crippen LogP contribution in [0.1, 0.15) is 5.56 Å². The first-order chi connectivity index (χ1) is 5.38. The Bertz CT molecular complexity index is 379. The summed E-state index contributed by atoms with van der Waals surface area (Å²) in [6.45, 7) is 2.10. The predicted molar refractivity (Wildman–Crippen MR) is 61.9 cm³/mol. The first kappa shape index (κ1) is 9.45. The molecule has 1 nitrogen and oxygen atoms in total. The normalized spacial score (nSPS) is 9.42. The summed E-state index contributed by atoms with van der Waals surface area (Å²) >= 11 is 0. The van der Waals surface area contributed by atoms with E-state index in [1.54, 1.807) is 0 Å². The van der Waals surface area contributed by atoms with Crippen molar-refractivity contribution in [3.05, 3.63) is 42.1 Å². The third-order valence-electron chi connectivity index (χ3n) is 1.87. The van der Waals surface area contributed by atoms with Crippen LogP contribution in [0.2, 0.25) is 0 Å². The molecule has 0 aliphatic heterocycles. The molecule has 0 radical (unpaired) electrons. The molecule has 2 rings (SSSR count). The Morgan fingerprint density at radius 2 is 1.83 bits per heavy atom. The highest BCUT2D eigenvalue weighted by Crippen LogP contribution is 2.13. The van der Waals surface area contributed by atoms with E-state index in [4.69, 9.17) is 0 Å². The van der Waals surface area contributed by atoms with E-state index in [2.05, 4.69) is 18.0 Å². The van der Waals surface area contributed by atoms with Gasteiger partial charge in [0.1, 0.15) is 0 Å². The molecule has 0 atom stereocenters. The van der Waals surface area contributed by atoms with Gasteiger partial charge in [-0.15, -0.1) is 24.0 Å². The minimum atomic E-state index is 0. The second-order valence-corrected chi connectivity index (χ2v) is 2.64. The second-order valence-electron chi connectivity index (χ2n) is 2.64. The number of hydrogen-bond acceptors (Lipinski definition) is 1. The molecular weight excluding hydrogens is 261 g/mol. The van der Waals surface area contributed by atoms with Gasteiger partial charge in [-0.2, -0.15) is 0 Å². The summed E-state index contributed by atoms with van der Waals surface area (Å²) in [4.78, 5) is 4.24. The third-order valence-corrected chi connectivity index (χ3v) is 1.87. The highest BCUT2D eigenvalue weighted by Gasteiger charge is 1.93. The summed E-state index contributed by atoms with van der Waals surface area (Å²) in [6.07, 6.45) is 1.84. The van der Waals surface area contributed by atoms with Crippen molar-refractivity contribution >= 4 is 34.9 Å². The van der Waals surface area contributed by atoms with Crippen LogP contribution in [-0.4, -0.2) is 4.98 Å². The molecule has 0 bridgehead atoms. The zero-order valence-electron chi connectivity index (χ0n) is 6.82. The van der Waals surface area contributed by atoms with Gasteiger partial charge in [-0.3, -0.25) is 4.98 Å². The summed E-state index contributed by atoms with van der Waals surface area (Å²) in [7, 11) is 0. The number of fused-ring (bicyclic) bond motifs is 1. The van der Waals surface area contributed by atoms with Crippen molar-refractivity contribution in [3.8, 4) is 0 Å². The molecule has 0 aliphatic carbocycles. The number of pyridine rings is 1. The first-order valence-corrected chi connectivity index (χ1v) is 3.68. The molecule has 12 heavy (non-hydrogen) atoms. The number of halogens is 1. The number of aromatic nitrogens is 1. The topological polar surface area (TPSA) is 12.9 Å². The zero-order chi connectivity index (χ0) is 7.68. The molecule has 0 saturated heterocycles. The minimum absolute atomic E-state index is 0. The molecule has 1 heterocycles. The smallest absolute Gasteiger partial charge is 0.0704 e. The standard InChI is InChI=1S/C10H9N.HI/c1-8-6-7-11-10-5-3-2-4-9(8)10;/h2-7H,1H3;1H. The fourth-order valence-corrected chi connectivity index (χ4v) is 1.24. The van der Waals surface area contributed by atoms with Crippen LogP contribution in [0.3, 0.4) is 0 Å². The van der Waals surface area contributed by atoms with Crippen LogP contribution < -0.4 is 0 Å². The summed E-state index contributed by atoms with van der Waals surface area (Å²) in [5, 5.41) is 1.25. The molecule has 0 unspecified atom stereocenters. The number of hydrogen-bond donors (Lipinski definition) is 0. The number of rotatable bonds is 0. The van der Waals surface area contributed by atoms with Gasteiger partial charge in [-0.05, 0) is 24.6 Å². The average Bonchev–Trinajstić information content (AvgIpc) is 2.06. The highest BCUT2D eigenvalue weighted by molar-refractivity contribution is 14.0. The van der Waals surface area contributed by atoms with Crippen LogP contribution in [0, 0.1) is 6.92 Å². The summed E-state index contributed by atoms with van der Waals surface area (Å²) < 4.78 is 0. The van der Waals surface area contributed by atoms with Crippen molar-refractivity contribution in [3.63, 3.8) is 0 Å². The number of nitrogens with zero attached hydrogens (tertiary/aromatic N) is 1. The largest absolute Gasteiger partial charge is 0.256 e. The fraction of sp³-hybridized carbons (Fsp3) is 0.100. The van der Waals surface area contributed by atoms with E-state index in [9.17, 15) is 0 Å². The lowest BCUT2D eigenvalue weighted by Crippen LogP contribution is -1.79.